The molecule has 0 bridgehead atoms. The van der Waals surface area contributed by atoms with Gasteiger partial charge in [0.25, 0.3) is 15.9 Å². The molecule has 3 N–H and O–H groups in total. The summed E-state index contributed by atoms with van der Waals surface area (Å²) in [6, 6.07) is 9.04. The molecule has 5 rings (SSSR count). The molecule has 4 heterocycles. The number of benzene rings is 1. The Morgan fingerprint density at radius 2 is 1.82 bits per heavy atom. The lowest BCUT2D eigenvalue weighted by atomic mass is 9.97. The number of rotatable bonds is 9. The third-order valence-electron chi connectivity index (χ3n) is 6.58. The monoisotopic (exact) mass is 586 g/mol. The molecule has 2 aromatic heterocycles. The van der Waals surface area contributed by atoms with Gasteiger partial charge < -0.3 is 15.5 Å². The maximum absolute atomic E-state index is 13.2. The van der Waals surface area contributed by atoms with Crippen molar-refractivity contribution in [1.29, 1.82) is 0 Å². The van der Waals surface area contributed by atoms with Crippen molar-refractivity contribution in [2.45, 2.75) is 29.9 Å². The fourth-order valence-electron chi connectivity index (χ4n) is 4.67. The molecule has 2 aliphatic heterocycles. The number of carbonyl (C=O) groups excluding carboxylic acids is 3. The molecule has 11 nitrogen and oxygen atoms in total. The van der Waals surface area contributed by atoms with E-state index in [0.717, 1.165) is 55.3 Å². The quantitative estimate of drug-likeness (QED) is 0.256. The molecule has 3 aromatic rings. The minimum absolute atomic E-state index is 0.0234. The number of halogens is 1. The molecule has 0 saturated carbocycles. The summed E-state index contributed by atoms with van der Waals surface area (Å²) >= 11 is 0.381. The van der Waals surface area contributed by atoms with Gasteiger partial charge in [0.1, 0.15) is 10.0 Å². The zero-order valence-electron chi connectivity index (χ0n) is 21.4. The highest BCUT2D eigenvalue weighted by molar-refractivity contribution is 7.92. The van der Waals surface area contributed by atoms with Gasteiger partial charge in [-0.2, -0.15) is 4.39 Å². The van der Waals surface area contributed by atoms with Crippen molar-refractivity contribution in [3.05, 3.63) is 64.9 Å². The maximum atomic E-state index is 13.2. The van der Waals surface area contributed by atoms with E-state index < -0.39 is 33.0 Å². The first-order valence-corrected chi connectivity index (χ1v) is 15.0. The number of carbonyl (C=O) groups is 3. The van der Waals surface area contributed by atoms with Crippen molar-refractivity contribution in [2.75, 3.05) is 41.7 Å². The topological polar surface area (TPSA) is 141 Å². The zero-order valence-corrected chi connectivity index (χ0v) is 23.0. The Morgan fingerprint density at radius 3 is 2.52 bits per heavy atom. The molecule has 0 unspecified atom stereocenters. The van der Waals surface area contributed by atoms with Gasteiger partial charge >= 0.3 is 6.03 Å². The first kappa shape index (κ1) is 27.7. The molecule has 0 atom stereocenters. The van der Waals surface area contributed by atoms with E-state index in [1.807, 2.05) is 12.1 Å². The minimum atomic E-state index is -4.25. The predicted octanol–water partition coefficient (Wildman–Crippen LogP) is 3.42. The largest absolute Gasteiger partial charge is 0.385 e. The number of aromatic nitrogens is 1. The number of sulfonamides is 1. The highest BCUT2D eigenvalue weighted by Crippen LogP contribution is 2.27. The number of hydrogen-bond donors (Lipinski definition) is 3. The highest BCUT2D eigenvalue weighted by atomic mass is 32.2. The summed E-state index contributed by atoms with van der Waals surface area (Å²) in [5.41, 5.74) is 2.01. The van der Waals surface area contributed by atoms with Gasteiger partial charge in [0.15, 0.2) is 5.13 Å². The van der Waals surface area contributed by atoms with Crippen molar-refractivity contribution < 1.29 is 27.2 Å². The molecule has 1 aromatic carbocycles. The Bertz CT molecular complexity index is 1540. The summed E-state index contributed by atoms with van der Waals surface area (Å²) in [7, 11) is -4.25. The number of nitrogens with zero attached hydrogens (tertiary/aromatic N) is 3. The summed E-state index contributed by atoms with van der Waals surface area (Å²) in [4.78, 5) is 45.8. The van der Waals surface area contributed by atoms with Gasteiger partial charge in [0.05, 0.1) is 18.3 Å². The number of thiophene rings is 1. The number of imide groups is 1. The number of urea groups is 1. The fraction of sp³-hybridized carbons (Fsp3) is 0.308. The number of anilines is 3. The van der Waals surface area contributed by atoms with Crippen LogP contribution in [0.5, 0.6) is 0 Å². The van der Waals surface area contributed by atoms with Crippen molar-refractivity contribution in [3.63, 3.8) is 0 Å². The Balaban J connectivity index is 1.19. The number of amides is 4. The summed E-state index contributed by atoms with van der Waals surface area (Å²) in [6.07, 6.45) is 4.74. The van der Waals surface area contributed by atoms with Gasteiger partial charge in [-0.1, -0.05) is 11.3 Å². The second-order valence-electron chi connectivity index (χ2n) is 9.44. The lowest BCUT2D eigenvalue weighted by Crippen LogP contribution is -2.43. The Morgan fingerprint density at radius 1 is 1.05 bits per heavy atom. The summed E-state index contributed by atoms with van der Waals surface area (Å²) in [6.45, 7) is 4.16. The molecule has 14 heteroatoms. The van der Waals surface area contributed by atoms with E-state index in [4.69, 9.17) is 0 Å². The molecular formula is C26H27FN6O5S2. The molecule has 40 heavy (non-hydrogen) atoms. The smallest absolute Gasteiger partial charge is 0.333 e. The molecule has 0 radical (unpaired) electrons. The van der Waals surface area contributed by atoms with Crippen LogP contribution in [0.1, 0.15) is 35.2 Å². The standard InChI is InChI=1S/C26H27FN6O5S2/c27-21-7-9-24(39-21)40(37,38)31-26(36)30-19-5-8-22(29-16-19)33-23(34)15-17-14-18(4-6-20(17)25(33)35)28-10-3-13-32-11-1-2-12-32/h4-9,14,16,28H,1-3,10-13,15H2,(H2,30,31,36). The van der Waals surface area contributed by atoms with E-state index in [2.05, 4.69) is 20.5 Å². The Kier molecular flexibility index (Phi) is 8.09. The lowest BCUT2D eigenvalue weighted by Gasteiger charge is -2.26. The van der Waals surface area contributed by atoms with E-state index in [1.54, 1.807) is 10.8 Å². The van der Waals surface area contributed by atoms with Gasteiger partial charge in [-0.05, 0) is 86.9 Å². The third kappa shape index (κ3) is 6.29. The predicted molar refractivity (Wildman–Crippen MR) is 149 cm³/mol. The van der Waals surface area contributed by atoms with Crippen LogP contribution >= 0.6 is 11.3 Å². The highest BCUT2D eigenvalue weighted by Gasteiger charge is 2.33. The minimum Gasteiger partial charge on any atom is -0.385 e. The van der Waals surface area contributed by atoms with Gasteiger partial charge in [-0.15, -0.1) is 0 Å². The molecule has 2 aliphatic rings. The third-order valence-corrected chi connectivity index (χ3v) is 9.28. The van der Waals surface area contributed by atoms with Crippen LogP contribution in [-0.4, -0.2) is 62.3 Å². The van der Waals surface area contributed by atoms with Crippen molar-refractivity contribution >= 4 is 56.4 Å². The number of nitrogens with one attached hydrogen (secondary N) is 3. The fourth-order valence-corrected chi connectivity index (χ4v) is 6.58. The Labute approximate surface area is 234 Å². The molecule has 4 amide bonds. The SMILES string of the molecule is O=C(Nc1ccc(N2C(=O)Cc3cc(NCCCN4CCCC4)ccc3C2=O)nc1)NS(=O)(=O)c1ccc(F)s1. The molecular weight excluding hydrogens is 559 g/mol. The van der Waals surface area contributed by atoms with E-state index in [0.29, 0.717) is 22.5 Å². The van der Waals surface area contributed by atoms with Crippen LogP contribution < -0.4 is 20.3 Å². The van der Waals surface area contributed by atoms with Crippen LogP contribution in [0, 0.1) is 5.13 Å². The van der Waals surface area contributed by atoms with Gasteiger partial charge in [-0.25, -0.2) is 27.8 Å². The second-order valence-corrected chi connectivity index (χ2v) is 12.4. The van der Waals surface area contributed by atoms with E-state index in [9.17, 15) is 27.2 Å². The number of pyridine rings is 1. The Hall–Kier alpha value is -3.88. The maximum Gasteiger partial charge on any atom is 0.333 e. The van der Waals surface area contributed by atoms with Gasteiger partial charge in [0, 0.05) is 17.8 Å². The second kappa shape index (κ2) is 11.7. The van der Waals surface area contributed by atoms with E-state index in [1.165, 1.54) is 31.2 Å². The number of fused-ring (bicyclic) bond motifs is 1. The van der Waals surface area contributed by atoms with Crippen molar-refractivity contribution in [2.24, 2.45) is 0 Å². The molecule has 0 aliphatic carbocycles. The number of hydrogen-bond acceptors (Lipinski definition) is 9. The summed E-state index contributed by atoms with van der Waals surface area (Å²) in [5, 5.41) is 4.97. The normalized spacial score (nSPS) is 15.7. The molecule has 1 fully saturated rings. The number of likely N-dealkylation sites (tertiary alicyclic amines) is 1. The summed E-state index contributed by atoms with van der Waals surface area (Å²) in [5.74, 6) is -0.881. The zero-order chi connectivity index (χ0) is 28.3. The van der Waals surface area contributed by atoms with E-state index in [-0.39, 0.29) is 22.1 Å². The van der Waals surface area contributed by atoms with Crippen LogP contribution in [0.4, 0.5) is 26.4 Å². The van der Waals surface area contributed by atoms with Gasteiger partial charge in [0.2, 0.25) is 5.91 Å². The first-order chi connectivity index (χ1) is 19.2. The van der Waals surface area contributed by atoms with Crippen molar-refractivity contribution in [1.82, 2.24) is 14.6 Å². The molecule has 0 spiro atoms. The summed E-state index contributed by atoms with van der Waals surface area (Å²) < 4.78 is 39.0. The van der Waals surface area contributed by atoms with Crippen LogP contribution in [0.25, 0.3) is 0 Å². The first-order valence-electron chi connectivity index (χ1n) is 12.7. The van der Waals surface area contributed by atoms with Gasteiger partial charge in [-0.3, -0.25) is 9.59 Å². The lowest BCUT2D eigenvalue weighted by molar-refractivity contribution is -0.117. The molecule has 1 saturated heterocycles. The van der Waals surface area contributed by atoms with E-state index >= 15 is 0 Å². The van der Waals surface area contributed by atoms with Crippen LogP contribution in [0.2, 0.25) is 0 Å². The van der Waals surface area contributed by atoms with Crippen LogP contribution in [-0.2, 0) is 21.2 Å². The average Bonchev–Trinajstić information content (AvgIpc) is 3.59. The van der Waals surface area contributed by atoms with Crippen molar-refractivity contribution in [3.8, 4) is 0 Å². The van der Waals surface area contributed by atoms with Crippen LogP contribution in [0.15, 0.2) is 52.9 Å². The average molecular weight is 587 g/mol. The van der Waals surface area contributed by atoms with Crippen LogP contribution in [0.3, 0.4) is 0 Å². The molecule has 210 valence electrons.